The Morgan fingerprint density at radius 2 is 2.27 bits per heavy atom. The van der Waals surface area contributed by atoms with E-state index in [0.29, 0.717) is 12.0 Å². The lowest BCUT2D eigenvalue weighted by atomic mass is 10.0. The van der Waals surface area contributed by atoms with Crippen molar-refractivity contribution in [1.29, 1.82) is 0 Å². The summed E-state index contributed by atoms with van der Waals surface area (Å²) in [5.41, 5.74) is 10.9. The zero-order valence-corrected chi connectivity index (χ0v) is 12.9. The van der Waals surface area contributed by atoms with Gasteiger partial charge in [-0.1, -0.05) is 19.4 Å². The van der Waals surface area contributed by atoms with Gasteiger partial charge in [0.1, 0.15) is 0 Å². The third-order valence-corrected chi connectivity index (χ3v) is 4.68. The second-order valence-corrected chi connectivity index (χ2v) is 6.07. The highest BCUT2D eigenvalue weighted by molar-refractivity contribution is 5.79. The molecule has 1 aliphatic heterocycles. The zero-order valence-electron chi connectivity index (χ0n) is 12.9. The van der Waals surface area contributed by atoms with E-state index in [0.717, 1.165) is 43.3 Å². The molecule has 1 unspecified atom stereocenters. The van der Waals surface area contributed by atoms with Crippen LogP contribution < -0.4 is 5.73 Å². The van der Waals surface area contributed by atoms with E-state index in [1.54, 1.807) is 0 Å². The highest BCUT2D eigenvalue weighted by Crippen LogP contribution is 2.33. The van der Waals surface area contributed by atoms with Crippen LogP contribution in [0.25, 0.3) is 11.0 Å². The SMILES string of the molecule is CCCCn1c(N)nc2ccc(C3CCc4cncn43)cc21. The van der Waals surface area contributed by atoms with Crippen LogP contribution in [0.3, 0.4) is 0 Å². The predicted molar refractivity (Wildman–Crippen MR) is 87.7 cm³/mol. The van der Waals surface area contributed by atoms with Crippen molar-refractivity contribution >= 4 is 17.0 Å². The summed E-state index contributed by atoms with van der Waals surface area (Å²) in [5, 5.41) is 0. The summed E-state index contributed by atoms with van der Waals surface area (Å²) in [5.74, 6) is 0.621. The fourth-order valence-corrected chi connectivity index (χ4v) is 3.47. The Bertz CT molecular complexity index is 814. The molecule has 0 radical (unpaired) electrons. The molecule has 1 aliphatic rings. The molecule has 0 saturated carbocycles. The number of hydrogen-bond acceptors (Lipinski definition) is 3. The van der Waals surface area contributed by atoms with E-state index in [2.05, 4.69) is 44.2 Å². The van der Waals surface area contributed by atoms with Gasteiger partial charge in [0, 0.05) is 18.4 Å². The molecule has 0 fully saturated rings. The largest absolute Gasteiger partial charge is 0.369 e. The number of nitrogen functional groups attached to an aromatic ring is 1. The van der Waals surface area contributed by atoms with Crippen LogP contribution in [0.4, 0.5) is 5.95 Å². The molecule has 5 heteroatoms. The van der Waals surface area contributed by atoms with Crippen LogP contribution in [0.5, 0.6) is 0 Å². The minimum atomic E-state index is 0.387. The second kappa shape index (κ2) is 5.16. The van der Waals surface area contributed by atoms with Crippen LogP contribution >= 0.6 is 0 Å². The number of imidazole rings is 2. The van der Waals surface area contributed by atoms with E-state index < -0.39 is 0 Å². The summed E-state index contributed by atoms with van der Waals surface area (Å²) in [7, 11) is 0. The number of nitrogens with two attached hydrogens (primary N) is 1. The van der Waals surface area contributed by atoms with Crippen LogP contribution in [-0.2, 0) is 13.0 Å². The van der Waals surface area contributed by atoms with Crippen molar-refractivity contribution in [2.45, 2.75) is 45.2 Å². The van der Waals surface area contributed by atoms with Gasteiger partial charge in [0.2, 0.25) is 5.95 Å². The summed E-state index contributed by atoms with van der Waals surface area (Å²) in [6.07, 6.45) is 8.43. The molecule has 0 aliphatic carbocycles. The standard InChI is InChI=1S/C17H21N5/c1-2-3-8-21-16-9-12(4-6-14(16)20-17(21)18)15-7-5-13-10-19-11-22(13)15/h4,6,9-11,15H,2-3,5,7-8H2,1H3,(H2,18,20). The minimum Gasteiger partial charge on any atom is -0.369 e. The van der Waals surface area contributed by atoms with Crippen LogP contribution in [-0.4, -0.2) is 19.1 Å². The lowest BCUT2D eigenvalue weighted by molar-refractivity contribution is 0.615. The highest BCUT2D eigenvalue weighted by Gasteiger charge is 2.23. The van der Waals surface area contributed by atoms with Crippen molar-refractivity contribution in [1.82, 2.24) is 19.1 Å². The van der Waals surface area contributed by atoms with Crippen LogP contribution in [0.1, 0.15) is 43.5 Å². The van der Waals surface area contributed by atoms with Crippen molar-refractivity contribution < 1.29 is 0 Å². The Morgan fingerprint density at radius 3 is 3.14 bits per heavy atom. The number of nitrogens with zero attached hydrogens (tertiary/aromatic N) is 4. The van der Waals surface area contributed by atoms with Gasteiger partial charge in [-0.15, -0.1) is 0 Å². The average Bonchev–Trinajstić information content (AvgIpc) is 3.18. The van der Waals surface area contributed by atoms with E-state index in [1.165, 1.54) is 11.3 Å². The molecule has 114 valence electrons. The maximum Gasteiger partial charge on any atom is 0.201 e. The monoisotopic (exact) mass is 295 g/mol. The number of aryl methyl sites for hydroxylation is 2. The van der Waals surface area contributed by atoms with E-state index >= 15 is 0 Å². The maximum absolute atomic E-state index is 6.09. The van der Waals surface area contributed by atoms with Crippen molar-refractivity contribution in [3.63, 3.8) is 0 Å². The maximum atomic E-state index is 6.09. The first kappa shape index (κ1) is 13.4. The van der Waals surface area contributed by atoms with Gasteiger partial charge in [-0.2, -0.15) is 0 Å². The molecule has 3 aromatic rings. The number of fused-ring (bicyclic) bond motifs is 2. The number of benzene rings is 1. The third-order valence-electron chi connectivity index (χ3n) is 4.68. The van der Waals surface area contributed by atoms with E-state index in [4.69, 9.17) is 5.73 Å². The van der Waals surface area contributed by atoms with Crippen molar-refractivity contribution in [2.75, 3.05) is 5.73 Å². The summed E-state index contributed by atoms with van der Waals surface area (Å²) in [6, 6.07) is 6.92. The fraction of sp³-hybridized carbons (Fsp3) is 0.412. The van der Waals surface area contributed by atoms with Gasteiger partial charge in [0.25, 0.3) is 0 Å². The first-order valence-electron chi connectivity index (χ1n) is 8.04. The first-order chi connectivity index (χ1) is 10.8. The second-order valence-electron chi connectivity index (χ2n) is 6.07. The molecular formula is C17H21N5. The fourth-order valence-electron chi connectivity index (χ4n) is 3.47. The molecule has 2 aromatic heterocycles. The Kier molecular flexibility index (Phi) is 3.13. The highest BCUT2D eigenvalue weighted by atomic mass is 15.2. The van der Waals surface area contributed by atoms with E-state index in [1.807, 2.05) is 12.5 Å². The van der Waals surface area contributed by atoms with Crippen LogP contribution in [0.15, 0.2) is 30.7 Å². The van der Waals surface area contributed by atoms with Gasteiger partial charge in [-0.3, -0.25) is 0 Å². The summed E-state index contributed by atoms with van der Waals surface area (Å²) >= 11 is 0. The third kappa shape index (κ3) is 2.00. The summed E-state index contributed by atoms with van der Waals surface area (Å²) in [4.78, 5) is 8.76. The van der Waals surface area contributed by atoms with Crippen molar-refractivity contribution in [2.24, 2.45) is 0 Å². The molecule has 3 heterocycles. The average molecular weight is 295 g/mol. The molecule has 0 spiro atoms. The van der Waals surface area contributed by atoms with Gasteiger partial charge >= 0.3 is 0 Å². The summed E-state index contributed by atoms with van der Waals surface area (Å²) in [6.45, 7) is 3.13. The number of rotatable bonds is 4. The lowest BCUT2D eigenvalue weighted by Crippen LogP contribution is -2.06. The molecule has 1 aromatic carbocycles. The van der Waals surface area contributed by atoms with Crippen LogP contribution in [0.2, 0.25) is 0 Å². The molecule has 4 rings (SSSR count). The molecule has 2 N–H and O–H groups in total. The molecule has 22 heavy (non-hydrogen) atoms. The Labute approximate surface area is 129 Å². The topological polar surface area (TPSA) is 61.7 Å². The van der Waals surface area contributed by atoms with Crippen molar-refractivity contribution in [3.05, 3.63) is 42.0 Å². The van der Waals surface area contributed by atoms with E-state index in [-0.39, 0.29) is 0 Å². The molecule has 0 saturated heterocycles. The minimum absolute atomic E-state index is 0.387. The van der Waals surface area contributed by atoms with Gasteiger partial charge in [-0.25, -0.2) is 9.97 Å². The van der Waals surface area contributed by atoms with E-state index in [9.17, 15) is 0 Å². The lowest BCUT2D eigenvalue weighted by Gasteiger charge is -2.14. The Morgan fingerprint density at radius 1 is 1.36 bits per heavy atom. The van der Waals surface area contributed by atoms with Gasteiger partial charge in [-0.05, 0) is 37.0 Å². The zero-order chi connectivity index (χ0) is 15.1. The number of unbranched alkanes of at least 4 members (excludes halogenated alkanes) is 1. The smallest absolute Gasteiger partial charge is 0.201 e. The number of aromatic nitrogens is 4. The molecular weight excluding hydrogens is 274 g/mol. The normalized spacial score (nSPS) is 17.2. The van der Waals surface area contributed by atoms with Gasteiger partial charge < -0.3 is 14.9 Å². The number of anilines is 1. The van der Waals surface area contributed by atoms with Gasteiger partial charge in [0.05, 0.1) is 23.4 Å². The van der Waals surface area contributed by atoms with Crippen LogP contribution in [0, 0.1) is 0 Å². The summed E-state index contributed by atoms with van der Waals surface area (Å²) < 4.78 is 4.43. The molecule has 5 nitrogen and oxygen atoms in total. The number of hydrogen-bond donors (Lipinski definition) is 1. The molecule has 0 amide bonds. The Hall–Kier alpha value is -2.30. The van der Waals surface area contributed by atoms with Gasteiger partial charge in [0.15, 0.2) is 0 Å². The Balaban J connectivity index is 1.77. The molecule has 1 atom stereocenters. The van der Waals surface area contributed by atoms with Crippen molar-refractivity contribution in [3.8, 4) is 0 Å². The predicted octanol–water partition coefficient (Wildman–Crippen LogP) is 3.15. The quantitative estimate of drug-likeness (QED) is 0.804. The molecule has 0 bridgehead atoms. The first-order valence-corrected chi connectivity index (χ1v) is 8.04.